The van der Waals surface area contributed by atoms with Crippen LogP contribution in [0.15, 0.2) is 25.3 Å². The molecule has 2 aliphatic heterocycles. The zero-order valence-corrected chi connectivity index (χ0v) is 13.8. The van der Waals surface area contributed by atoms with E-state index in [1.165, 1.54) is 19.3 Å². The van der Waals surface area contributed by atoms with Crippen LogP contribution in [0.5, 0.6) is 0 Å². The summed E-state index contributed by atoms with van der Waals surface area (Å²) in [5.41, 5.74) is 0. The van der Waals surface area contributed by atoms with Crippen molar-refractivity contribution in [2.24, 2.45) is 5.92 Å². The molecule has 10 atom stereocenters. The minimum Gasteiger partial charge on any atom is -0.390 e. The van der Waals surface area contributed by atoms with E-state index in [1.807, 2.05) is 0 Å². The summed E-state index contributed by atoms with van der Waals surface area (Å²) >= 11 is 0. The Bertz CT molecular complexity index is 444. The lowest BCUT2D eigenvalue weighted by atomic mass is 9.90. The average molecular weight is 346 g/mol. The molecule has 0 amide bonds. The van der Waals surface area contributed by atoms with Crippen LogP contribution in [0.25, 0.3) is 0 Å². The van der Waals surface area contributed by atoms with Gasteiger partial charge in [-0.1, -0.05) is 19.1 Å². The fraction of sp³-hybridized carbons (Fsp3) is 0.750. The first-order chi connectivity index (χ1) is 11.3. The van der Waals surface area contributed by atoms with Crippen molar-refractivity contribution in [2.75, 3.05) is 7.11 Å². The highest BCUT2D eigenvalue weighted by atomic mass is 16.7. The Labute approximate surface area is 140 Å². The van der Waals surface area contributed by atoms with Crippen LogP contribution in [0.3, 0.4) is 0 Å². The Hall–Kier alpha value is -0.840. The third kappa shape index (κ3) is 3.56. The van der Waals surface area contributed by atoms with Crippen molar-refractivity contribution in [3.63, 3.8) is 0 Å². The zero-order valence-electron chi connectivity index (χ0n) is 13.8. The van der Waals surface area contributed by atoms with Crippen LogP contribution in [0.4, 0.5) is 0 Å². The highest BCUT2D eigenvalue weighted by Crippen LogP contribution is 2.31. The van der Waals surface area contributed by atoms with Crippen molar-refractivity contribution in [3.8, 4) is 0 Å². The molecule has 2 saturated heterocycles. The van der Waals surface area contributed by atoms with Gasteiger partial charge in [0.1, 0.15) is 30.5 Å². The van der Waals surface area contributed by atoms with Gasteiger partial charge in [-0.2, -0.15) is 0 Å². The van der Waals surface area contributed by atoms with Crippen molar-refractivity contribution in [3.05, 3.63) is 25.3 Å². The summed E-state index contributed by atoms with van der Waals surface area (Å²) in [6, 6.07) is 0. The summed E-state index contributed by atoms with van der Waals surface area (Å²) in [6.07, 6.45) is -6.89. The molecule has 2 rings (SSSR count). The summed E-state index contributed by atoms with van der Waals surface area (Å²) in [6.45, 7) is 8.96. The second-order valence-electron chi connectivity index (χ2n) is 6.07. The highest BCUT2D eigenvalue weighted by Gasteiger charge is 2.49. The van der Waals surface area contributed by atoms with Gasteiger partial charge in [0, 0.05) is 13.0 Å². The lowest BCUT2D eigenvalue weighted by molar-refractivity contribution is -0.340. The SMILES string of the molecule is C=C[C@@H]1OC(OC2C(O)C(O)C(OC)O[C@@H]2C=C)C(O)C(O)C1C. The largest absolute Gasteiger partial charge is 0.390 e. The van der Waals surface area contributed by atoms with E-state index < -0.39 is 55.3 Å². The summed E-state index contributed by atoms with van der Waals surface area (Å²) in [4.78, 5) is 0. The first kappa shape index (κ1) is 19.5. The fourth-order valence-electron chi connectivity index (χ4n) is 2.97. The number of aliphatic hydroxyl groups is 4. The molecule has 8 unspecified atom stereocenters. The van der Waals surface area contributed by atoms with E-state index in [1.54, 1.807) is 6.92 Å². The van der Waals surface area contributed by atoms with E-state index >= 15 is 0 Å². The van der Waals surface area contributed by atoms with Crippen LogP contribution in [-0.4, -0.2) is 82.8 Å². The molecule has 0 saturated carbocycles. The van der Waals surface area contributed by atoms with Gasteiger partial charge in [0.2, 0.25) is 0 Å². The van der Waals surface area contributed by atoms with Gasteiger partial charge in [-0.25, -0.2) is 0 Å². The Balaban J connectivity index is 2.15. The lowest BCUT2D eigenvalue weighted by Gasteiger charge is -2.45. The quantitative estimate of drug-likeness (QED) is 0.464. The normalized spacial score (nSPS) is 49.6. The van der Waals surface area contributed by atoms with Crippen molar-refractivity contribution in [2.45, 2.75) is 62.2 Å². The molecule has 0 aromatic carbocycles. The summed E-state index contributed by atoms with van der Waals surface area (Å²) < 4.78 is 21.7. The third-order valence-corrected chi connectivity index (χ3v) is 4.55. The molecule has 2 aliphatic rings. The molecule has 0 radical (unpaired) electrons. The summed E-state index contributed by atoms with van der Waals surface area (Å²) in [5.74, 6) is -0.372. The van der Waals surface area contributed by atoms with Crippen molar-refractivity contribution < 1.29 is 39.4 Å². The van der Waals surface area contributed by atoms with E-state index in [0.717, 1.165) is 0 Å². The van der Waals surface area contributed by atoms with Crippen molar-refractivity contribution in [1.82, 2.24) is 0 Å². The standard InChI is InChI=1S/C16H26O8/c1-5-8-7(3)10(17)12(19)16(22-8)24-14-9(6-2)23-15(21-4)13(20)11(14)18/h5-20H,1-2H2,3-4H3/t7?,8-,9+,10?,11?,12?,13?,14?,15?,16?/m0/s1. The number of hydrogen-bond donors (Lipinski definition) is 4. The van der Waals surface area contributed by atoms with E-state index in [-0.39, 0.29) is 5.92 Å². The average Bonchev–Trinajstić information content (AvgIpc) is 2.59. The molecule has 0 aliphatic carbocycles. The number of hydrogen-bond acceptors (Lipinski definition) is 8. The molecule has 138 valence electrons. The Morgan fingerprint density at radius 2 is 1.38 bits per heavy atom. The number of methoxy groups -OCH3 is 1. The van der Waals surface area contributed by atoms with E-state index in [2.05, 4.69) is 13.2 Å². The van der Waals surface area contributed by atoms with Gasteiger partial charge >= 0.3 is 0 Å². The van der Waals surface area contributed by atoms with Gasteiger partial charge in [-0.3, -0.25) is 0 Å². The molecule has 0 aromatic heterocycles. The van der Waals surface area contributed by atoms with Gasteiger partial charge in [0.15, 0.2) is 12.6 Å². The maximum Gasteiger partial charge on any atom is 0.187 e. The molecule has 8 nitrogen and oxygen atoms in total. The molecule has 0 spiro atoms. The van der Waals surface area contributed by atoms with Crippen molar-refractivity contribution in [1.29, 1.82) is 0 Å². The molecular weight excluding hydrogens is 320 g/mol. The van der Waals surface area contributed by atoms with Gasteiger partial charge in [0.05, 0.1) is 12.2 Å². The maximum absolute atomic E-state index is 10.3. The predicted octanol–water partition coefficient (Wildman–Crippen LogP) is -1.08. The number of rotatable bonds is 5. The topological polar surface area (TPSA) is 118 Å². The van der Waals surface area contributed by atoms with Crippen LogP contribution in [0.1, 0.15) is 6.92 Å². The first-order valence-corrected chi connectivity index (χ1v) is 7.82. The van der Waals surface area contributed by atoms with Gasteiger partial charge < -0.3 is 39.4 Å². The molecule has 2 heterocycles. The molecule has 24 heavy (non-hydrogen) atoms. The van der Waals surface area contributed by atoms with E-state index in [4.69, 9.17) is 18.9 Å². The zero-order chi connectivity index (χ0) is 18.0. The second kappa shape index (κ2) is 8.03. The van der Waals surface area contributed by atoms with E-state index in [9.17, 15) is 20.4 Å². The van der Waals surface area contributed by atoms with Crippen LogP contribution in [0.2, 0.25) is 0 Å². The van der Waals surface area contributed by atoms with Gasteiger partial charge in [-0.15, -0.1) is 13.2 Å². The first-order valence-electron chi connectivity index (χ1n) is 7.82. The molecule has 4 N–H and O–H groups in total. The fourth-order valence-corrected chi connectivity index (χ4v) is 2.97. The lowest BCUT2D eigenvalue weighted by Crippen LogP contribution is -2.62. The van der Waals surface area contributed by atoms with Crippen LogP contribution < -0.4 is 0 Å². The monoisotopic (exact) mass is 346 g/mol. The predicted molar refractivity (Wildman–Crippen MR) is 82.8 cm³/mol. The Kier molecular flexibility index (Phi) is 6.52. The summed E-state index contributed by atoms with van der Waals surface area (Å²) in [7, 11) is 1.34. The van der Waals surface area contributed by atoms with Crippen molar-refractivity contribution >= 4 is 0 Å². The van der Waals surface area contributed by atoms with Crippen LogP contribution >= 0.6 is 0 Å². The smallest absolute Gasteiger partial charge is 0.187 e. The summed E-state index contributed by atoms with van der Waals surface area (Å²) in [5, 5.41) is 40.6. The molecule has 0 bridgehead atoms. The van der Waals surface area contributed by atoms with Gasteiger partial charge in [0.25, 0.3) is 0 Å². The number of ether oxygens (including phenoxy) is 4. The minimum absolute atomic E-state index is 0.372. The van der Waals surface area contributed by atoms with Crippen LogP contribution in [-0.2, 0) is 18.9 Å². The highest BCUT2D eigenvalue weighted by molar-refractivity contribution is 5.00. The number of aliphatic hydroxyl groups excluding tert-OH is 4. The Morgan fingerprint density at radius 3 is 1.92 bits per heavy atom. The minimum atomic E-state index is -1.36. The van der Waals surface area contributed by atoms with Crippen LogP contribution in [0, 0.1) is 5.92 Å². The third-order valence-electron chi connectivity index (χ3n) is 4.55. The van der Waals surface area contributed by atoms with Gasteiger partial charge in [-0.05, 0) is 0 Å². The Morgan fingerprint density at radius 1 is 0.833 bits per heavy atom. The van der Waals surface area contributed by atoms with E-state index in [0.29, 0.717) is 0 Å². The second-order valence-corrected chi connectivity index (χ2v) is 6.07. The molecular formula is C16H26O8. The maximum atomic E-state index is 10.3. The molecule has 0 aromatic rings. The molecule has 8 heteroatoms. The molecule has 2 fully saturated rings.